The van der Waals surface area contributed by atoms with E-state index in [-0.39, 0.29) is 18.8 Å². The minimum absolute atomic E-state index is 0.217. The summed E-state index contributed by atoms with van der Waals surface area (Å²) >= 11 is 0. The SMILES string of the molecule is CCOC(=O)/C=C1/C(CC)N(C(=O)OC(C)C)N1C(=O)OC(C)C. The molecular weight excluding hydrogens is 316 g/mol. The van der Waals surface area contributed by atoms with Gasteiger partial charge in [-0.05, 0) is 41.0 Å². The molecule has 0 radical (unpaired) electrons. The maximum atomic E-state index is 12.3. The van der Waals surface area contributed by atoms with Crippen LogP contribution in [0.3, 0.4) is 0 Å². The predicted molar refractivity (Wildman–Crippen MR) is 85.7 cm³/mol. The molecule has 0 saturated carbocycles. The zero-order valence-electron chi connectivity index (χ0n) is 15.1. The topological polar surface area (TPSA) is 85.4 Å². The van der Waals surface area contributed by atoms with E-state index in [1.54, 1.807) is 34.6 Å². The molecule has 1 atom stereocenters. The number of hydrogen-bond donors (Lipinski definition) is 0. The Bertz CT molecular complexity index is 515. The van der Waals surface area contributed by atoms with Gasteiger partial charge in [0, 0.05) is 6.08 Å². The molecule has 0 aromatic rings. The number of hydrogen-bond acceptors (Lipinski definition) is 6. The highest BCUT2D eigenvalue weighted by atomic mass is 16.6. The fourth-order valence-electron chi connectivity index (χ4n) is 2.23. The van der Waals surface area contributed by atoms with Gasteiger partial charge in [-0.1, -0.05) is 6.92 Å². The molecule has 8 nitrogen and oxygen atoms in total. The van der Waals surface area contributed by atoms with Gasteiger partial charge in [-0.25, -0.2) is 14.4 Å². The Morgan fingerprint density at radius 1 is 1.04 bits per heavy atom. The van der Waals surface area contributed by atoms with Crippen LogP contribution in [0.25, 0.3) is 0 Å². The molecule has 0 aliphatic carbocycles. The number of amides is 2. The normalized spacial score (nSPS) is 18.7. The Kier molecular flexibility index (Phi) is 7.06. The summed E-state index contributed by atoms with van der Waals surface area (Å²) in [6.45, 7) is 10.6. The summed E-state index contributed by atoms with van der Waals surface area (Å²) in [6, 6.07) is -0.458. The van der Waals surface area contributed by atoms with E-state index in [4.69, 9.17) is 14.2 Å². The molecule has 1 aliphatic rings. The summed E-state index contributed by atoms with van der Waals surface area (Å²) in [5.41, 5.74) is 0.349. The maximum Gasteiger partial charge on any atom is 0.433 e. The van der Waals surface area contributed by atoms with Crippen molar-refractivity contribution in [2.45, 2.75) is 66.2 Å². The minimum atomic E-state index is -0.744. The maximum absolute atomic E-state index is 12.3. The lowest BCUT2D eigenvalue weighted by Crippen LogP contribution is -2.66. The van der Waals surface area contributed by atoms with Gasteiger partial charge < -0.3 is 14.2 Å². The van der Waals surface area contributed by atoms with E-state index in [2.05, 4.69) is 0 Å². The van der Waals surface area contributed by atoms with Crippen molar-refractivity contribution in [1.82, 2.24) is 10.0 Å². The van der Waals surface area contributed by atoms with Gasteiger partial charge in [-0.3, -0.25) is 0 Å². The molecule has 24 heavy (non-hydrogen) atoms. The lowest BCUT2D eigenvalue weighted by Gasteiger charge is -2.50. The summed E-state index contributed by atoms with van der Waals surface area (Å²) in [6.07, 6.45) is -0.409. The number of rotatable bonds is 5. The fraction of sp³-hybridized carbons (Fsp3) is 0.688. The number of nitrogens with zero attached hydrogens (tertiary/aromatic N) is 2. The highest BCUT2D eigenvalue weighted by Gasteiger charge is 2.50. The van der Waals surface area contributed by atoms with Crippen molar-refractivity contribution < 1.29 is 28.6 Å². The second-order valence-electron chi connectivity index (χ2n) is 5.77. The highest BCUT2D eigenvalue weighted by molar-refractivity contribution is 5.87. The Morgan fingerprint density at radius 3 is 2.04 bits per heavy atom. The molecule has 1 fully saturated rings. The zero-order valence-corrected chi connectivity index (χ0v) is 15.1. The number of carbonyl (C=O) groups excluding carboxylic acids is 3. The van der Waals surface area contributed by atoms with Crippen LogP contribution in [0, 0.1) is 0 Å². The quantitative estimate of drug-likeness (QED) is 0.434. The van der Waals surface area contributed by atoms with Crippen LogP contribution in [0.2, 0.25) is 0 Å². The van der Waals surface area contributed by atoms with Crippen molar-refractivity contribution in [3.63, 3.8) is 0 Å². The van der Waals surface area contributed by atoms with E-state index < -0.39 is 24.2 Å². The van der Waals surface area contributed by atoms with Gasteiger partial charge >= 0.3 is 18.2 Å². The van der Waals surface area contributed by atoms with Gasteiger partial charge in [0.2, 0.25) is 0 Å². The molecule has 1 aliphatic heterocycles. The number of carbonyl (C=O) groups is 3. The molecule has 8 heteroatoms. The Labute approximate surface area is 142 Å². The molecule has 136 valence electrons. The van der Waals surface area contributed by atoms with Crippen LogP contribution in [0.5, 0.6) is 0 Å². The van der Waals surface area contributed by atoms with E-state index in [0.717, 1.165) is 10.0 Å². The third-order valence-electron chi connectivity index (χ3n) is 3.07. The highest BCUT2D eigenvalue weighted by Crippen LogP contribution is 2.34. The molecule has 1 heterocycles. The minimum Gasteiger partial charge on any atom is -0.463 e. The van der Waals surface area contributed by atoms with E-state index in [1.807, 2.05) is 6.92 Å². The monoisotopic (exact) mass is 342 g/mol. The molecule has 0 bridgehead atoms. The Hall–Kier alpha value is -2.25. The van der Waals surface area contributed by atoms with Crippen LogP contribution in [-0.4, -0.2) is 53.0 Å². The number of esters is 1. The van der Waals surface area contributed by atoms with Crippen LogP contribution < -0.4 is 0 Å². The Balaban J connectivity index is 3.10. The average molecular weight is 342 g/mol. The van der Waals surface area contributed by atoms with Crippen LogP contribution in [0.15, 0.2) is 11.8 Å². The largest absolute Gasteiger partial charge is 0.463 e. The summed E-state index contributed by atoms with van der Waals surface area (Å²) in [4.78, 5) is 36.3. The van der Waals surface area contributed by atoms with Gasteiger partial charge in [-0.15, -0.1) is 0 Å². The third-order valence-corrected chi connectivity index (χ3v) is 3.07. The fourth-order valence-corrected chi connectivity index (χ4v) is 2.23. The first-order chi connectivity index (χ1) is 11.2. The average Bonchev–Trinajstić information content (AvgIpc) is 2.41. The molecular formula is C16H26N2O6. The molecule has 1 unspecified atom stereocenters. The zero-order chi connectivity index (χ0) is 18.4. The second-order valence-corrected chi connectivity index (χ2v) is 5.77. The van der Waals surface area contributed by atoms with Crippen molar-refractivity contribution in [2.75, 3.05) is 6.61 Å². The van der Waals surface area contributed by atoms with Crippen molar-refractivity contribution in [3.05, 3.63) is 11.8 Å². The summed E-state index contributed by atoms with van der Waals surface area (Å²) in [5.74, 6) is -0.579. The molecule has 1 saturated heterocycles. The first-order valence-corrected chi connectivity index (χ1v) is 8.11. The van der Waals surface area contributed by atoms with E-state index in [0.29, 0.717) is 12.1 Å². The van der Waals surface area contributed by atoms with Crippen molar-refractivity contribution in [3.8, 4) is 0 Å². The van der Waals surface area contributed by atoms with Gasteiger partial charge in [0.1, 0.15) is 0 Å². The lowest BCUT2D eigenvalue weighted by molar-refractivity contribution is -0.138. The van der Waals surface area contributed by atoms with E-state index in [9.17, 15) is 14.4 Å². The summed E-state index contributed by atoms with van der Waals surface area (Å²) in [5, 5.41) is 2.19. The molecule has 0 aromatic carbocycles. The van der Waals surface area contributed by atoms with Crippen LogP contribution in [0.1, 0.15) is 48.0 Å². The van der Waals surface area contributed by atoms with E-state index in [1.165, 1.54) is 6.08 Å². The Morgan fingerprint density at radius 2 is 1.58 bits per heavy atom. The van der Waals surface area contributed by atoms with E-state index >= 15 is 0 Å². The standard InChI is InChI=1S/C16H26N2O6/c1-7-12-13(9-14(19)22-8-2)18(16(21)24-11(5)6)17(12)15(20)23-10(3)4/h9-12H,7-8H2,1-6H3/b13-9-. The van der Waals surface area contributed by atoms with Crippen LogP contribution >= 0.6 is 0 Å². The molecule has 0 N–H and O–H groups in total. The first kappa shape index (κ1) is 19.8. The van der Waals surface area contributed by atoms with Gasteiger partial charge in [0.05, 0.1) is 30.6 Å². The molecule has 0 aromatic heterocycles. The van der Waals surface area contributed by atoms with Gasteiger partial charge in [0.25, 0.3) is 0 Å². The van der Waals surface area contributed by atoms with Crippen LogP contribution in [-0.2, 0) is 19.0 Å². The molecule has 0 spiro atoms. The third kappa shape index (κ3) is 4.62. The smallest absolute Gasteiger partial charge is 0.433 e. The summed E-state index contributed by atoms with van der Waals surface area (Å²) in [7, 11) is 0. The first-order valence-electron chi connectivity index (χ1n) is 8.11. The van der Waals surface area contributed by atoms with Crippen molar-refractivity contribution in [1.29, 1.82) is 0 Å². The second kappa shape index (κ2) is 8.56. The predicted octanol–water partition coefficient (Wildman–Crippen LogP) is 2.83. The van der Waals surface area contributed by atoms with Crippen molar-refractivity contribution in [2.24, 2.45) is 0 Å². The van der Waals surface area contributed by atoms with Gasteiger partial charge in [-0.2, -0.15) is 10.0 Å². The van der Waals surface area contributed by atoms with Gasteiger partial charge in [0.15, 0.2) is 0 Å². The number of hydrazine groups is 1. The summed E-state index contributed by atoms with van der Waals surface area (Å²) < 4.78 is 15.2. The molecule has 2 amide bonds. The number of ether oxygens (including phenoxy) is 3. The van der Waals surface area contributed by atoms with Crippen LogP contribution in [0.4, 0.5) is 9.59 Å². The van der Waals surface area contributed by atoms with Crippen molar-refractivity contribution >= 4 is 18.2 Å². The lowest BCUT2D eigenvalue weighted by atomic mass is 10.1. The molecule has 1 rings (SSSR count).